The molecule has 0 unspecified atom stereocenters. The fourth-order valence-corrected chi connectivity index (χ4v) is 2.19. The number of carboxylic acid groups (broad SMARTS) is 1. The molecule has 4 nitrogen and oxygen atoms in total. The predicted octanol–water partition coefficient (Wildman–Crippen LogP) is 3.15. The van der Waals surface area contributed by atoms with Gasteiger partial charge in [-0.25, -0.2) is 9.78 Å². The number of nitrogens with zero attached hydrogens (tertiary/aromatic N) is 1. The van der Waals surface area contributed by atoms with Gasteiger partial charge in [-0.3, -0.25) is 0 Å². The van der Waals surface area contributed by atoms with Gasteiger partial charge in [-0.05, 0) is 24.6 Å². The Hall–Kier alpha value is -1.88. The van der Waals surface area contributed by atoms with Crippen molar-refractivity contribution in [2.75, 3.05) is 5.32 Å². The summed E-state index contributed by atoms with van der Waals surface area (Å²) in [5, 5.41) is 14.7. The minimum absolute atomic E-state index is 0.266. The molecule has 0 atom stereocenters. The average molecular weight is 248 g/mol. The number of benzene rings is 1. The maximum absolute atomic E-state index is 10.8. The van der Waals surface area contributed by atoms with Gasteiger partial charge in [0.2, 0.25) is 0 Å². The Morgan fingerprint density at radius 3 is 3.00 bits per heavy atom. The van der Waals surface area contributed by atoms with E-state index in [1.54, 1.807) is 18.2 Å². The van der Waals surface area contributed by atoms with E-state index in [2.05, 4.69) is 10.3 Å². The molecule has 0 saturated heterocycles. The number of carbonyl (C=O) groups is 1. The van der Waals surface area contributed by atoms with Gasteiger partial charge >= 0.3 is 5.97 Å². The summed E-state index contributed by atoms with van der Waals surface area (Å²) in [6.07, 6.45) is 0.896. The van der Waals surface area contributed by atoms with Gasteiger partial charge in [0.15, 0.2) is 5.13 Å². The van der Waals surface area contributed by atoms with E-state index in [0.29, 0.717) is 0 Å². The smallest absolute Gasteiger partial charge is 0.335 e. The summed E-state index contributed by atoms with van der Waals surface area (Å²) in [5.41, 5.74) is 2.04. The largest absolute Gasteiger partial charge is 0.478 e. The molecule has 0 aliphatic rings. The quantitative estimate of drug-likeness (QED) is 0.872. The highest BCUT2D eigenvalue weighted by atomic mass is 32.1. The van der Waals surface area contributed by atoms with Gasteiger partial charge in [0.1, 0.15) is 0 Å². The molecular formula is C12H12N2O2S. The van der Waals surface area contributed by atoms with Crippen LogP contribution in [0.5, 0.6) is 0 Å². The van der Waals surface area contributed by atoms with Crippen LogP contribution in [0.1, 0.15) is 23.0 Å². The van der Waals surface area contributed by atoms with Crippen molar-refractivity contribution in [3.63, 3.8) is 0 Å². The average Bonchev–Trinajstić information content (AvgIpc) is 2.77. The van der Waals surface area contributed by atoms with Crippen molar-refractivity contribution >= 4 is 28.1 Å². The number of anilines is 2. The third kappa shape index (κ3) is 2.82. The van der Waals surface area contributed by atoms with Gasteiger partial charge in [-0.1, -0.05) is 13.0 Å². The Morgan fingerprint density at radius 2 is 2.35 bits per heavy atom. The van der Waals surface area contributed by atoms with Crippen LogP contribution >= 0.6 is 11.3 Å². The van der Waals surface area contributed by atoms with Gasteiger partial charge in [0.25, 0.3) is 0 Å². The van der Waals surface area contributed by atoms with Gasteiger partial charge < -0.3 is 10.4 Å². The fraction of sp³-hybridized carbons (Fsp3) is 0.167. The number of aromatic carboxylic acids is 1. The normalized spacial score (nSPS) is 10.2. The topological polar surface area (TPSA) is 62.2 Å². The first-order valence-electron chi connectivity index (χ1n) is 5.24. The van der Waals surface area contributed by atoms with Crippen molar-refractivity contribution in [2.24, 2.45) is 0 Å². The Bertz CT molecular complexity index is 537. The van der Waals surface area contributed by atoms with Crippen LogP contribution in [0.25, 0.3) is 0 Å². The summed E-state index contributed by atoms with van der Waals surface area (Å²) in [6, 6.07) is 6.68. The monoisotopic (exact) mass is 248 g/mol. The number of carboxylic acids is 1. The molecule has 0 saturated carbocycles. The summed E-state index contributed by atoms with van der Waals surface area (Å²) >= 11 is 1.51. The molecule has 17 heavy (non-hydrogen) atoms. The third-order valence-electron chi connectivity index (χ3n) is 2.27. The van der Waals surface area contributed by atoms with Gasteiger partial charge in [-0.15, -0.1) is 11.3 Å². The van der Waals surface area contributed by atoms with Crippen molar-refractivity contribution in [3.05, 3.63) is 40.9 Å². The standard InChI is InChI=1S/C12H12N2O2S/c1-2-9-7-17-12(13-9)14-10-5-3-4-8(6-10)11(15)16/h3-7H,2H2,1H3,(H,13,14)(H,15,16). The van der Waals surface area contributed by atoms with Crippen LogP contribution < -0.4 is 5.32 Å². The number of aromatic nitrogens is 1. The molecule has 2 aromatic rings. The van der Waals surface area contributed by atoms with Crippen molar-refractivity contribution < 1.29 is 9.90 Å². The zero-order valence-electron chi connectivity index (χ0n) is 9.30. The van der Waals surface area contributed by atoms with E-state index in [-0.39, 0.29) is 5.56 Å². The molecule has 88 valence electrons. The zero-order chi connectivity index (χ0) is 12.3. The summed E-state index contributed by atoms with van der Waals surface area (Å²) in [5.74, 6) is -0.929. The second kappa shape index (κ2) is 4.97. The van der Waals surface area contributed by atoms with Crippen molar-refractivity contribution in [1.29, 1.82) is 0 Å². The van der Waals surface area contributed by atoms with E-state index < -0.39 is 5.97 Å². The highest BCUT2D eigenvalue weighted by molar-refractivity contribution is 7.13. The number of thiazole rings is 1. The van der Waals surface area contributed by atoms with Crippen LogP contribution in [0, 0.1) is 0 Å². The molecule has 0 bridgehead atoms. The molecule has 1 aromatic heterocycles. The lowest BCUT2D eigenvalue weighted by molar-refractivity contribution is 0.0697. The van der Waals surface area contributed by atoms with E-state index in [0.717, 1.165) is 22.9 Å². The summed E-state index contributed by atoms with van der Waals surface area (Å²) in [6.45, 7) is 2.05. The Morgan fingerprint density at radius 1 is 1.53 bits per heavy atom. The number of rotatable bonds is 4. The highest BCUT2D eigenvalue weighted by Gasteiger charge is 2.05. The van der Waals surface area contributed by atoms with Crippen LogP contribution in [-0.2, 0) is 6.42 Å². The van der Waals surface area contributed by atoms with Crippen LogP contribution in [0.2, 0.25) is 0 Å². The minimum Gasteiger partial charge on any atom is -0.478 e. The molecular weight excluding hydrogens is 236 g/mol. The van der Waals surface area contributed by atoms with E-state index >= 15 is 0 Å². The Balaban J connectivity index is 2.18. The van der Waals surface area contributed by atoms with Crippen molar-refractivity contribution in [1.82, 2.24) is 4.98 Å². The van der Waals surface area contributed by atoms with Gasteiger partial charge in [0.05, 0.1) is 11.3 Å². The summed E-state index contributed by atoms with van der Waals surface area (Å²) < 4.78 is 0. The van der Waals surface area contributed by atoms with Crippen LogP contribution in [0.15, 0.2) is 29.6 Å². The lowest BCUT2D eigenvalue weighted by atomic mass is 10.2. The number of aryl methyl sites for hydroxylation is 1. The molecule has 2 N–H and O–H groups in total. The molecule has 2 rings (SSSR count). The molecule has 0 amide bonds. The Labute approximate surface area is 103 Å². The third-order valence-corrected chi connectivity index (χ3v) is 3.08. The number of hydrogen-bond acceptors (Lipinski definition) is 4. The molecule has 0 fully saturated rings. The maximum atomic E-state index is 10.8. The molecule has 1 aromatic carbocycles. The Kier molecular flexibility index (Phi) is 3.39. The zero-order valence-corrected chi connectivity index (χ0v) is 10.1. The maximum Gasteiger partial charge on any atom is 0.335 e. The number of nitrogens with one attached hydrogen (secondary N) is 1. The summed E-state index contributed by atoms with van der Waals surface area (Å²) in [7, 11) is 0. The minimum atomic E-state index is -0.929. The van der Waals surface area contributed by atoms with E-state index in [4.69, 9.17) is 5.11 Å². The van der Waals surface area contributed by atoms with Crippen LogP contribution in [0.4, 0.5) is 10.8 Å². The SMILES string of the molecule is CCc1csc(Nc2cccc(C(=O)O)c2)n1. The van der Waals surface area contributed by atoms with Gasteiger partial charge in [0, 0.05) is 11.1 Å². The summed E-state index contributed by atoms with van der Waals surface area (Å²) in [4.78, 5) is 15.2. The van der Waals surface area contributed by atoms with Crippen LogP contribution in [0.3, 0.4) is 0 Å². The van der Waals surface area contributed by atoms with Crippen LogP contribution in [-0.4, -0.2) is 16.1 Å². The molecule has 0 radical (unpaired) electrons. The van der Waals surface area contributed by atoms with E-state index in [1.165, 1.54) is 11.3 Å². The van der Waals surface area contributed by atoms with E-state index in [9.17, 15) is 4.79 Å². The first-order valence-corrected chi connectivity index (χ1v) is 6.12. The second-order valence-electron chi connectivity index (χ2n) is 3.51. The molecule has 1 heterocycles. The molecule has 0 aliphatic heterocycles. The van der Waals surface area contributed by atoms with Crippen molar-refractivity contribution in [3.8, 4) is 0 Å². The fourth-order valence-electron chi connectivity index (χ4n) is 1.38. The lowest BCUT2D eigenvalue weighted by Gasteiger charge is -2.03. The van der Waals surface area contributed by atoms with E-state index in [1.807, 2.05) is 18.4 Å². The van der Waals surface area contributed by atoms with Gasteiger partial charge in [-0.2, -0.15) is 0 Å². The molecule has 0 aliphatic carbocycles. The highest BCUT2D eigenvalue weighted by Crippen LogP contribution is 2.21. The number of hydrogen-bond donors (Lipinski definition) is 2. The molecule has 0 spiro atoms. The lowest BCUT2D eigenvalue weighted by Crippen LogP contribution is -1.97. The second-order valence-corrected chi connectivity index (χ2v) is 4.37. The first kappa shape index (κ1) is 11.6. The predicted molar refractivity (Wildman–Crippen MR) is 68.2 cm³/mol. The first-order chi connectivity index (χ1) is 8.19. The molecule has 5 heteroatoms. The van der Waals surface area contributed by atoms with Crippen molar-refractivity contribution in [2.45, 2.75) is 13.3 Å².